The Morgan fingerprint density at radius 3 is 1.69 bits per heavy atom. The average Bonchev–Trinajstić information content (AvgIpc) is 3.78. The molecule has 0 amide bonds. The molecule has 3 aromatic heterocycles. The van der Waals surface area contributed by atoms with Crippen molar-refractivity contribution in [2.24, 2.45) is 0 Å². The molecule has 0 atom stereocenters. The molecule has 242 valence electrons. The summed E-state index contributed by atoms with van der Waals surface area (Å²) in [6.07, 6.45) is 0. The van der Waals surface area contributed by atoms with E-state index < -0.39 is 0 Å². The molecule has 0 fully saturated rings. The predicted octanol–water partition coefficient (Wildman–Crippen LogP) is 13.1. The number of thiophene rings is 1. The van der Waals surface area contributed by atoms with Crippen LogP contribution >= 0.6 is 11.3 Å². The molecule has 3 heterocycles. The lowest BCUT2D eigenvalue weighted by molar-refractivity contribution is 0.669. The normalized spacial score (nSPS) is 11.8. The third-order valence-corrected chi connectivity index (χ3v) is 11.3. The van der Waals surface area contributed by atoms with Gasteiger partial charge in [-0.2, -0.15) is 0 Å². The fraction of sp³-hybridized carbons (Fsp3) is 0. The molecule has 0 radical (unpaired) electrons. The third-order valence-electron chi connectivity index (χ3n) is 10.1. The summed E-state index contributed by atoms with van der Waals surface area (Å²) in [5.41, 5.74) is 6.54. The smallest absolute Gasteiger partial charge is 0.165 e. The first-order valence-corrected chi connectivity index (χ1v) is 18.2. The van der Waals surface area contributed by atoms with Gasteiger partial charge in [-0.15, -0.1) is 11.3 Å². The molecular formula is C47H27N3OS. The maximum absolute atomic E-state index is 6.48. The zero-order valence-corrected chi connectivity index (χ0v) is 28.6. The SMILES string of the molecule is c1ccc2cc(-c3nc(-c4ccc5ccccc5c4)nc(-c4c(-c5ccc6sc7ccccc7c6c5)ccc5oc6ccccc6c45)n3)ccc2c1. The van der Waals surface area contributed by atoms with Crippen molar-refractivity contribution < 1.29 is 4.42 Å². The topological polar surface area (TPSA) is 51.8 Å². The monoisotopic (exact) mass is 681 g/mol. The summed E-state index contributed by atoms with van der Waals surface area (Å²) < 4.78 is 9.02. The van der Waals surface area contributed by atoms with Gasteiger partial charge in [0.15, 0.2) is 17.5 Å². The minimum absolute atomic E-state index is 0.601. The maximum atomic E-state index is 6.48. The Morgan fingerprint density at radius 2 is 0.962 bits per heavy atom. The highest BCUT2D eigenvalue weighted by Crippen LogP contribution is 2.44. The molecule has 11 rings (SSSR count). The highest BCUT2D eigenvalue weighted by molar-refractivity contribution is 7.25. The van der Waals surface area contributed by atoms with Crippen molar-refractivity contribution in [2.75, 3.05) is 0 Å². The van der Waals surface area contributed by atoms with Gasteiger partial charge in [0.05, 0.1) is 0 Å². The maximum Gasteiger partial charge on any atom is 0.165 e. The van der Waals surface area contributed by atoms with Gasteiger partial charge in [-0.1, -0.05) is 115 Å². The first-order valence-electron chi connectivity index (χ1n) is 17.3. The first kappa shape index (κ1) is 29.1. The lowest BCUT2D eigenvalue weighted by Crippen LogP contribution is -2.01. The molecule has 5 heteroatoms. The largest absolute Gasteiger partial charge is 0.456 e. The molecule has 8 aromatic carbocycles. The molecule has 4 nitrogen and oxygen atoms in total. The fourth-order valence-electron chi connectivity index (χ4n) is 7.59. The number of furan rings is 1. The van der Waals surface area contributed by atoms with Crippen LogP contribution in [-0.2, 0) is 0 Å². The van der Waals surface area contributed by atoms with Gasteiger partial charge in [0.25, 0.3) is 0 Å². The minimum Gasteiger partial charge on any atom is -0.456 e. The molecule has 0 aliphatic carbocycles. The van der Waals surface area contributed by atoms with Crippen molar-refractivity contribution in [3.8, 4) is 45.3 Å². The van der Waals surface area contributed by atoms with Crippen molar-refractivity contribution in [3.63, 3.8) is 0 Å². The Balaban J connectivity index is 1.23. The number of hydrogen-bond donors (Lipinski definition) is 0. The standard InChI is InChI=1S/C47H27N3OS/c1-3-11-30-25-33(19-17-28(30)9-1)45-48-46(34-20-18-29-10-2-4-12-31(29)26-34)50-47(49-45)44-35(22-23-40-43(44)37-14-5-7-15-39(37)51-40)32-21-24-42-38(27-32)36-13-6-8-16-41(36)52-42/h1-27H. The zero-order valence-electron chi connectivity index (χ0n) is 27.7. The molecule has 0 bridgehead atoms. The molecule has 0 N–H and O–H groups in total. The first-order chi connectivity index (χ1) is 25.7. The number of fused-ring (bicyclic) bond motifs is 8. The van der Waals surface area contributed by atoms with E-state index in [-0.39, 0.29) is 0 Å². The van der Waals surface area contributed by atoms with Gasteiger partial charge in [-0.3, -0.25) is 0 Å². The van der Waals surface area contributed by atoms with Gasteiger partial charge >= 0.3 is 0 Å². The highest BCUT2D eigenvalue weighted by Gasteiger charge is 2.22. The van der Waals surface area contributed by atoms with Crippen molar-refractivity contribution in [3.05, 3.63) is 164 Å². The molecule has 0 saturated heterocycles. The Bertz CT molecular complexity index is 3110. The summed E-state index contributed by atoms with van der Waals surface area (Å²) in [6.45, 7) is 0. The summed E-state index contributed by atoms with van der Waals surface area (Å²) in [7, 11) is 0. The van der Waals surface area contributed by atoms with Crippen LogP contribution in [0.15, 0.2) is 168 Å². The molecule has 11 aromatic rings. The fourth-order valence-corrected chi connectivity index (χ4v) is 8.67. The second-order valence-corrected chi connectivity index (χ2v) is 14.3. The number of hydrogen-bond acceptors (Lipinski definition) is 5. The number of aromatic nitrogens is 3. The van der Waals surface area contributed by atoms with Crippen molar-refractivity contribution in [1.82, 2.24) is 15.0 Å². The third kappa shape index (κ3) is 4.64. The summed E-state index contributed by atoms with van der Waals surface area (Å²) in [4.78, 5) is 15.8. The highest BCUT2D eigenvalue weighted by atomic mass is 32.1. The Kier molecular flexibility index (Phi) is 6.39. The average molecular weight is 682 g/mol. The van der Waals surface area contributed by atoms with Crippen LogP contribution in [0.3, 0.4) is 0 Å². The van der Waals surface area contributed by atoms with E-state index in [1.165, 1.54) is 30.9 Å². The van der Waals surface area contributed by atoms with E-state index in [1.807, 2.05) is 23.5 Å². The summed E-state index contributed by atoms with van der Waals surface area (Å²) in [6, 6.07) is 57.5. The predicted molar refractivity (Wildman–Crippen MR) is 217 cm³/mol. The van der Waals surface area contributed by atoms with Gasteiger partial charge in [0, 0.05) is 47.6 Å². The van der Waals surface area contributed by atoms with Crippen LogP contribution in [-0.4, -0.2) is 15.0 Å². The van der Waals surface area contributed by atoms with Gasteiger partial charge in [-0.25, -0.2) is 15.0 Å². The lowest BCUT2D eigenvalue weighted by atomic mass is 9.93. The van der Waals surface area contributed by atoms with Crippen LogP contribution in [0, 0.1) is 0 Å². The van der Waals surface area contributed by atoms with Crippen molar-refractivity contribution in [1.29, 1.82) is 0 Å². The van der Waals surface area contributed by atoms with E-state index >= 15 is 0 Å². The van der Waals surface area contributed by atoms with E-state index in [9.17, 15) is 0 Å². The van der Waals surface area contributed by atoms with E-state index in [4.69, 9.17) is 19.4 Å². The minimum atomic E-state index is 0.601. The van der Waals surface area contributed by atoms with Crippen LogP contribution in [0.1, 0.15) is 0 Å². The number of nitrogens with zero attached hydrogens (tertiary/aromatic N) is 3. The van der Waals surface area contributed by atoms with Crippen LogP contribution in [0.25, 0.3) is 109 Å². The molecule has 0 aliphatic heterocycles. The molecule has 52 heavy (non-hydrogen) atoms. The second kappa shape index (κ2) is 11.4. The van der Waals surface area contributed by atoms with E-state index in [2.05, 4.69) is 152 Å². The second-order valence-electron chi connectivity index (χ2n) is 13.2. The van der Waals surface area contributed by atoms with E-state index in [0.29, 0.717) is 17.5 Å². The van der Waals surface area contributed by atoms with Gasteiger partial charge in [-0.05, 0) is 81.2 Å². The van der Waals surface area contributed by atoms with Crippen molar-refractivity contribution in [2.45, 2.75) is 0 Å². The summed E-state index contributed by atoms with van der Waals surface area (Å²) >= 11 is 1.82. The molecule has 0 aliphatic rings. The zero-order chi connectivity index (χ0) is 34.2. The molecule has 0 unspecified atom stereocenters. The van der Waals surface area contributed by atoms with Gasteiger partial charge in [0.2, 0.25) is 0 Å². The number of para-hydroxylation sites is 1. The molecular weight excluding hydrogens is 655 g/mol. The Labute approximate surface area is 302 Å². The number of benzene rings is 8. The Hall–Kier alpha value is -6.69. The quantitative estimate of drug-likeness (QED) is 0.185. The van der Waals surface area contributed by atoms with Crippen molar-refractivity contribution >= 4 is 75.0 Å². The van der Waals surface area contributed by atoms with Crippen LogP contribution < -0.4 is 0 Å². The van der Waals surface area contributed by atoms with E-state index in [1.54, 1.807) is 0 Å². The van der Waals surface area contributed by atoms with Crippen LogP contribution in [0.4, 0.5) is 0 Å². The van der Waals surface area contributed by atoms with Crippen LogP contribution in [0.2, 0.25) is 0 Å². The van der Waals surface area contributed by atoms with E-state index in [0.717, 1.165) is 60.5 Å². The van der Waals surface area contributed by atoms with Gasteiger partial charge < -0.3 is 4.42 Å². The molecule has 0 saturated carbocycles. The van der Waals surface area contributed by atoms with Crippen LogP contribution in [0.5, 0.6) is 0 Å². The lowest BCUT2D eigenvalue weighted by Gasteiger charge is -2.14. The molecule has 0 spiro atoms. The van der Waals surface area contributed by atoms with Gasteiger partial charge in [0.1, 0.15) is 11.2 Å². The number of rotatable bonds is 4. The summed E-state index contributed by atoms with van der Waals surface area (Å²) in [5, 5.41) is 9.12. The Morgan fingerprint density at radius 1 is 0.385 bits per heavy atom. The summed E-state index contributed by atoms with van der Waals surface area (Å²) in [5.74, 6) is 1.84.